The van der Waals surface area contributed by atoms with Crippen molar-refractivity contribution in [2.24, 2.45) is 5.73 Å². The van der Waals surface area contributed by atoms with Crippen LogP contribution in [0.5, 0.6) is 11.5 Å². The molecule has 2 N–H and O–H groups in total. The molecule has 0 saturated carbocycles. The number of nitrogens with zero attached hydrogens (tertiary/aromatic N) is 1. The molecule has 0 aliphatic rings. The van der Waals surface area contributed by atoms with Crippen LogP contribution in [-0.4, -0.2) is 38.8 Å². The molecule has 0 heterocycles. The van der Waals surface area contributed by atoms with Crippen molar-refractivity contribution in [2.45, 2.75) is 19.9 Å². The van der Waals surface area contributed by atoms with Gasteiger partial charge in [0.1, 0.15) is 11.5 Å². The summed E-state index contributed by atoms with van der Waals surface area (Å²) in [6.45, 7) is 6.79. The number of methoxy groups -OCH3 is 2. The summed E-state index contributed by atoms with van der Waals surface area (Å²) >= 11 is 0. The average Bonchev–Trinajstić information content (AvgIpc) is 2.44. The fourth-order valence-electron chi connectivity index (χ4n) is 2.23. The van der Waals surface area contributed by atoms with Gasteiger partial charge < -0.3 is 15.2 Å². The van der Waals surface area contributed by atoms with Gasteiger partial charge in [-0.3, -0.25) is 4.90 Å². The first-order valence-corrected chi connectivity index (χ1v) is 6.37. The van der Waals surface area contributed by atoms with E-state index in [1.54, 1.807) is 14.2 Å². The third-order valence-corrected chi connectivity index (χ3v) is 3.28. The van der Waals surface area contributed by atoms with E-state index >= 15 is 0 Å². The Morgan fingerprint density at radius 3 is 2.28 bits per heavy atom. The zero-order valence-electron chi connectivity index (χ0n) is 11.8. The summed E-state index contributed by atoms with van der Waals surface area (Å²) in [5, 5.41) is 0. The molecule has 0 aliphatic carbocycles. The second-order valence-electron chi connectivity index (χ2n) is 4.08. The largest absolute Gasteiger partial charge is 0.497 e. The summed E-state index contributed by atoms with van der Waals surface area (Å²) < 4.78 is 10.7. The number of likely N-dealkylation sites (N-methyl/N-ethyl adjacent to an activating group) is 1. The lowest BCUT2D eigenvalue weighted by Crippen LogP contribution is -2.33. The molecule has 0 aromatic heterocycles. The van der Waals surface area contributed by atoms with Gasteiger partial charge in [0, 0.05) is 18.2 Å². The highest BCUT2D eigenvalue weighted by Crippen LogP contribution is 2.31. The van der Waals surface area contributed by atoms with E-state index in [-0.39, 0.29) is 6.04 Å². The van der Waals surface area contributed by atoms with Crippen molar-refractivity contribution in [3.05, 3.63) is 23.8 Å². The van der Waals surface area contributed by atoms with Crippen LogP contribution in [0, 0.1) is 0 Å². The van der Waals surface area contributed by atoms with E-state index < -0.39 is 0 Å². The fraction of sp³-hybridized carbons (Fsp3) is 0.571. The molecule has 1 rings (SSSR count). The van der Waals surface area contributed by atoms with E-state index in [0.29, 0.717) is 6.54 Å². The van der Waals surface area contributed by atoms with Crippen molar-refractivity contribution < 1.29 is 9.47 Å². The van der Waals surface area contributed by atoms with Gasteiger partial charge in [-0.05, 0) is 19.2 Å². The Balaban J connectivity index is 3.11. The maximum absolute atomic E-state index is 5.92. The zero-order valence-corrected chi connectivity index (χ0v) is 11.8. The molecule has 102 valence electrons. The third kappa shape index (κ3) is 3.15. The molecule has 0 unspecified atom stereocenters. The quantitative estimate of drug-likeness (QED) is 0.807. The summed E-state index contributed by atoms with van der Waals surface area (Å²) in [5.74, 6) is 1.63. The van der Waals surface area contributed by atoms with Crippen LogP contribution in [0.1, 0.15) is 25.5 Å². The van der Waals surface area contributed by atoms with Gasteiger partial charge in [0.25, 0.3) is 0 Å². The second-order valence-corrected chi connectivity index (χ2v) is 4.08. The molecule has 0 amide bonds. The van der Waals surface area contributed by atoms with E-state index in [1.807, 2.05) is 18.2 Å². The van der Waals surface area contributed by atoms with Crippen molar-refractivity contribution in [2.75, 3.05) is 33.9 Å². The summed E-state index contributed by atoms with van der Waals surface area (Å²) in [6, 6.07) is 6.07. The van der Waals surface area contributed by atoms with Gasteiger partial charge in [0.2, 0.25) is 0 Å². The Kier molecular flexibility index (Phi) is 5.95. The number of hydrogen-bond donors (Lipinski definition) is 1. The van der Waals surface area contributed by atoms with Crippen molar-refractivity contribution in [1.82, 2.24) is 4.90 Å². The van der Waals surface area contributed by atoms with Crippen LogP contribution in [0.3, 0.4) is 0 Å². The number of hydrogen-bond acceptors (Lipinski definition) is 4. The Hall–Kier alpha value is -1.26. The van der Waals surface area contributed by atoms with Crippen LogP contribution in [-0.2, 0) is 0 Å². The zero-order chi connectivity index (χ0) is 13.5. The Morgan fingerprint density at radius 2 is 1.83 bits per heavy atom. The summed E-state index contributed by atoms with van der Waals surface area (Å²) in [5.41, 5.74) is 7.04. The number of benzene rings is 1. The molecule has 18 heavy (non-hydrogen) atoms. The van der Waals surface area contributed by atoms with Crippen molar-refractivity contribution in [3.8, 4) is 11.5 Å². The summed E-state index contributed by atoms with van der Waals surface area (Å²) in [4.78, 5) is 2.32. The van der Waals surface area contributed by atoms with Crippen LogP contribution < -0.4 is 15.2 Å². The lowest BCUT2D eigenvalue weighted by Gasteiger charge is -2.30. The monoisotopic (exact) mass is 252 g/mol. The molecule has 4 heteroatoms. The Labute approximate surface area is 110 Å². The molecule has 0 bridgehead atoms. The van der Waals surface area contributed by atoms with Gasteiger partial charge in [-0.1, -0.05) is 19.9 Å². The van der Waals surface area contributed by atoms with Gasteiger partial charge in [0.05, 0.1) is 20.3 Å². The molecule has 1 aromatic carbocycles. The lowest BCUT2D eigenvalue weighted by molar-refractivity contribution is 0.219. The molecule has 0 saturated heterocycles. The van der Waals surface area contributed by atoms with E-state index in [4.69, 9.17) is 15.2 Å². The molecule has 0 radical (unpaired) electrons. The highest BCUT2D eigenvalue weighted by Gasteiger charge is 2.20. The number of nitrogens with two attached hydrogens (primary N) is 1. The van der Waals surface area contributed by atoms with Crippen molar-refractivity contribution in [1.29, 1.82) is 0 Å². The highest BCUT2D eigenvalue weighted by molar-refractivity contribution is 5.42. The smallest absolute Gasteiger partial charge is 0.127 e. The first-order chi connectivity index (χ1) is 8.71. The summed E-state index contributed by atoms with van der Waals surface area (Å²) in [6.07, 6.45) is 0. The van der Waals surface area contributed by atoms with E-state index in [1.165, 1.54) is 0 Å². The molecular weight excluding hydrogens is 228 g/mol. The van der Waals surface area contributed by atoms with Gasteiger partial charge >= 0.3 is 0 Å². The lowest BCUT2D eigenvalue weighted by atomic mass is 10.0. The molecular formula is C14H24N2O2. The fourth-order valence-corrected chi connectivity index (χ4v) is 2.23. The van der Waals surface area contributed by atoms with Crippen molar-refractivity contribution in [3.63, 3.8) is 0 Å². The Morgan fingerprint density at radius 1 is 1.17 bits per heavy atom. The predicted octanol–water partition coefficient (Wildman–Crippen LogP) is 2.05. The van der Waals surface area contributed by atoms with Gasteiger partial charge in [-0.2, -0.15) is 0 Å². The van der Waals surface area contributed by atoms with E-state index in [9.17, 15) is 0 Å². The standard InChI is InChI=1S/C14H24N2O2/c1-5-16(6-2)13(10-15)12-8-7-11(17-3)9-14(12)18-4/h7-9,13H,5-6,10,15H2,1-4H3/t13-/m0/s1. The van der Waals surface area contributed by atoms with E-state index in [2.05, 4.69) is 18.7 Å². The van der Waals surface area contributed by atoms with Crippen LogP contribution >= 0.6 is 0 Å². The molecule has 1 aromatic rings. The first kappa shape index (κ1) is 14.8. The minimum atomic E-state index is 0.181. The van der Waals surface area contributed by atoms with Gasteiger partial charge in [-0.15, -0.1) is 0 Å². The minimum absolute atomic E-state index is 0.181. The Bertz CT molecular complexity index is 365. The number of rotatable bonds is 7. The van der Waals surface area contributed by atoms with Crippen LogP contribution in [0.25, 0.3) is 0 Å². The van der Waals surface area contributed by atoms with Crippen molar-refractivity contribution >= 4 is 0 Å². The average molecular weight is 252 g/mol. The van der Waals surface area contributed by atoms with Gasteiger partial charge in [-0.25, -0.2) is 0 Å². The SMILES string of the molecule is CCN(CC)[C@@H](CN)c1ccc(OC)cc1OC. The minimum Gasteiger partial charge on any atom is -0.497 e. The topological polar surface area (TPSA) is 47.7 Å². The van der Waals surface area contributed by atoms with Crippen LogP contribution in [0.4, 0.5) is 0 Å². The number of ether oxygens (including phenoxy) is 2. The highest BCUT2D eigenvalue weighted by atomic mass is 16.5. The normalized spacial score (nSPS) is 12.6. The van der Waals surface area contributed by atoms with Crippen LogP contribution in [0.15, 0.2) is 18.2 Å². The molecule has 0 aliphatic heterocycles. The van der Waals surface area contributed by atoms with Crippen LogP contribution in [0.2, 0.25) is 0 Å². The molecule has 4 nitrogen and oxygen atoms in total. The molecule has 0 fully saturated rings. The predicted molar refractivity (Wildman–Crippen MR) is 74.3 cm³/mol. The summed E-state index contributed by atoms with van der Waals surface area (Å²) in [7, 11) is 3.33. The first-order valence-electron chi connectivity index (χ1n) is 6.37. The second kappa shape index (κ2) is 7.24. The molecule has 0 spiro atoms. The van der Waals surface area contributed by atoms with E-state index in [0.717, 1.165) is 30.2 Å². The maximum atomic E-state index is 5.92. The van der Waals surface area contributed by atoms with Gasteiger partial charge in [0.15, 0.2) is 0 Å². The maximum Gasteiger partial charge on any atom is 0.127 e. The third-order valence-electron chi connectivity index (χ3n) is 3.28. The molecule has 1 atom stereocenters.